The maximum Gasteiger partial charge on any atom is 0.191 e. The van der Waals surface area contributed by atoms with E-state index in [1.54, 1.807) is 0 Å². The summed E-state index contributed by atoms with van der Waals surface area (Å²) in [6.45, 7) is 4.83. The molecule has 0 heterocycles. The standard InChI is InChI=1S/C15H25N3S.HI/c1-3-16-15(18-12-13-19-2)17-11-7-10-14-8-5-4-6-9-14;/h4-6,8-9H,3,7,10-13H2,1-2H3,(H2,16,17,18);1H. The van der Waals surface area contributed by atoms with Gasteiger partial charge in [0.1, 0.15) is 0 Å². The molecule has 0 atom stereocenters. The van der Waals surface area contributed by atoms with E-state index in [9.17, 15) is 0 Å². The highest BCUT2D eigenvalue weighted by Gasteiger charge is 1.96. The molecule has 20 heavy (non-hydrogen) atoms. The summed E-state index contributed by atoms with van der Waals surface area (Å²) in [6, 6.07) is 10.6. The summed E-state index contributed by atoms with van der Waals surface area (Å²) in [5, 5.41) is 6.61. The number of guanidine groups is 1. The highest BCUT2D eigenvalue weighted by atomic mass is 127. The van der Waals surface area contributed by atoms with Crippen LogP contribution in [-0.2, 0) is 6.42 Å². The molecular formula is C15H26IN3S. The van der Waals surface area contributed by atoms with E-state index in [0.29, 0.717) is 0 Å². The second-order valence-corrected chi connectivity index (χ2v) is 5.25. The minimum Gasteiger partial charge on any atom is -0.357 e. The number of rotatable bonds is 8. The van der Waals surface area contributed by atoms with Crippen molar-refractivity contribution in [3.63, 3.8) is 0 Å². The Kier molecular flexibility index (Phi) is 13.3. The maximum atomic E-state index is 4.59. The van der Waals surface area contributed by atoms with Gasteiger partial charge in [-0.25, -0.2) is 0 Å². The van der Waals surface area contributed by atoms with Crippen LogP contribution in [0.25, 0.3) is 0 Å². The smallest absolute Gasteiger partial charge is 0.191 e. The molecule has 0 unspecified atom stereocenters. The van der Waals surface area contributed by atoms with Gasteiger partial charge in [0.05, 0.1) is 0 Å². The minimum absolute atomic E-state index is 0. The number of nitrogens with zero attached hydrogens (tertiary/aromatic N) is 1. The number of aryl methyl sites for hydroxylation is 1. The molecule has 0 amide bonds. The van der Waals surface area contributed by atoms with Gasteiger partial charge in [-0.3, -0.25) is 4.99 Å². The molecule has 0 aliphatic heterocycles. The lowest BCUT2D eigenvalue weighted by Crippen LogP contribution is -2.38. The van der Waals surface area contributed by atoms with Crippen LogP contribution in [0.2, 0.25) is 0 Å². The van der Waals surface area contributed by atoms with Gasteiger partial charge in [-0.1, -0.05) is 30.3 Å². The van der Waals surface area contributed by atoms with E-state index in [1.165, 1.54) is 5.56 Å². The van der Waals surface area contributed by atoms with Gasteiger partial charge in [0.2, 0.25) is 0 Å². The Balaban J connectivity index is 0.00000361. The molecule has 1 aromatic carbocycles. The Morgan fingerprint density at radius 1 is 1.20 bits per heavy atom. The minimum atomic E-state index is 0. The van der Waals surface area contributed by atoms with Gasteiger partial charge in [0.15, 0.2) is 5.96 Å². The second kappa shape index (κ2) is 13.5. The molecule has 3 nitrogen and oxygen atoms in total. The summed E-state index contributed by atoms with van der Waals surface area (Å²) in [5.41, 5.74) is 1.39. The fraction of sp³-hybridized carbons (Fsp3) is 0.533. The molecular weight excluding hydrogens is 381 g/mol. The van der Waals surface area contributed by atoms with E-state index in [4.69, 9.17) is 0 Å². The zero-order valence-corrected chi connectivity index (χ0v) is 15.5. The second-order valence-electron chi connectivity index (χ2n) is 4.27. The zero-order valence-electron chi connectivity index (χ0n) is 12.4. The molecule has 0 saturated carbocycles. The highest BCUT2D eigenvalue weighted by Crippen LogP contribution is 2.02. The van der Waals surface area contributed by atoms with Crippen LogP contribution < -0.4 is 10.6 Å². The van der Waals surface area contributed by atoms with E-state index in [2.05, 4.69) is 59.1 Å². The van der Waals surface area contributed by atoms with Gasteiger partial charge in [0.25, 0.3) is 0 Å². The Labute approximate surface area is 144 Å². The fourth-order valence-electron chi connectivity index (χ4n) is 1.73. The molecule has 0 aliphatic carbocycles. The average molecular weight is 407 g/mol. The molecule has 0 radical (unpaired) electrons. The van der Waals surface area contributed by atoms with Crippen molar-refractivity contribution in [2.45, 2.75) is 19.8 Å². The van der Waals surface area contributed by atoms with E-state index in [1.807, 2.05) is 11.8 Å². The van der Waals surface area contributed by atoms with Gasteiger partial charge < -0.3 is 10.6 Å². The summed E-state index contributed by atoms with van der Waals surface area (Å²) < 4.78 is 0. The summed E-state index contributed by atoms with van der Waals surface area (Å²) in [6.07, 6.45) is 4.29. The maximum absolute atomic E-state index is 4.59. The van der Waals surface area contributed by atoms with Crippen molar-refractivity contribution in [3.05, 3.63) is 35.9 Å². The van der Waals surface area contributed by atoms with E-state index < -0.39 is 0 Å². The molecule has 0 aliphatic rings. The van der Waals surface area contributed by atoms with Crippen molar-refractivity contribution in [3.8, 4) is 0 Å². The number of hydrogen-bond donors (Lipinski definition) is 2. The molecule has 5 heteroatoms. The highest BCUT2D eigenvalue weighted by molar-refractivity contribution is 14.0. The average Bonchev–Trinajstić information content (AvgIpc) is 2.45. The third-order valence-corrected chi connectivity index (χ3v) is 3.29. The van der Waals surface area contributed by atoms with Crippen LogP contribution in [0, 0.1) is 0 Å². The van der Waals surface area contributed by atoms with Crippen molar-refractivity contribution in [2.75, 3.05) is 31.6 Å². The van der Waals surface area contributed by atoms with Gasteiger partial charge >= 0.3 is 0 Å². The van der Waals surface area contributed by atoms with Crippen LogP contribution in [-0.4, -0.2) is 37.6 Å². The van der Waals surface area contributed by atoms with Crippen LogP contribution >= 0.6 is 35.7 Å². The predicted octanol–water partition coefficient (Wildman–Crippen LogP) is 3.16. The Morgan fingerprint density at radius 3 is 2.60 bits per heavy atom. The molecule has 0 fully saturated rings. The molecule has 0 bridgehead atoms. The van der Waals surface area contributed by atoms with Crippen molar-refractivity contribution in [1.29, 1.82) is 0 Å². The predicted molar refractivity (Wildman–Crippen MR) is 103 cm³/mol. The van der Waals surface area contributed by atoms with Gasteiger partial charge in [-0.2, -0.15) is 11.8 Å². The number of nitrogens with one attached hydrogen (secondary N) is 2. The number of thioether (sulfide) groups is 1. The molecule has 2 N–H and O–H groups in total. The summed E-state index contributed by atoms with van der Waals surface area (Å²) >= 11 is 1.84. The Bertz CT molecular complexity index is 357. The van der Waals surface area contributed by atoms with Crippen LogP contribution in [0.4, 0.5) is 0 Å². The largest absolute Gasteiger partial charge is 0.357 e. The van der Waals surface area contributed by atoms with Crippen LogP contribution in [0.5, 0.6) is 0 Å². The summed E-state index contributed by atoms with van der Waals surface area (Å²) in [4.78, 5) is 4.59. The van der Waals surface area contributed by atoms with Crippen molar-refractivity contribution in [1.82, 2.24) is 10.6 Å². The first-order chi connectivity index (χ1) is 9.36. The first-order valence-electron chi connectivity index (χ1n) is 6.92. The van der Waals surface area contributed by atoms with Crippen LogP contribution in [0.15, 0.2) is 35.3 Å². The lowest BCUT2D eigenvalue weighted by Gasteiger charge is -2.10. The zero-order chi connectivity index (χ0) is 13.8. The van der Waals surface area contributed by atoms with E-state index in [-0.39, 0.29) is 24.0 Å². The molecule has 1 aromatic rings. The lowest BCUT2D eigenvalue weighted by atomic mass is 10.1. The Hall–Kier alpha value is -0.430. The first kappa shape index (κ1) is 19.6. The third kappa shape index (κ3) is 9.47. The molecule has 114 valence electrons. The van der Waals surface area contributed by atoms with Gasteiger partial charge in [-0.15, -0.1) is 24.0 Å². The molecule has 0 aromatic heterocycles. The normalized spacial score (nSPS) is 10.8. The van der Waals surface area contributed by atoms with Crippen molar-refractivity contribution >= 4 is 41.7 Å². The Morgan fingerprint density at radius 2 is 1.95 bits per heavy atom. The third-order valence-electron chi connectivity index (χ3n) is 2.68. The monoisotopic (exact) mass is 407 g/mol. The molecule has 1 rings (SSSR count). The van der Waals surface area contributed by atoms with Gasteiger partial charge in [0, 0.05) is 25.4 Å². The SMILES string of the molecule is CCNC(=NCCCc1ccccc1)NCCSC.I. The topological polar surface area (TPSA) is 36.4 Å². The quantitative estimate of drug-likeness (QED) is 0.301. The van der Waals surface area contributed by atoms with Crippen LogP contribution in [0.3, 0.4) is 0 Å². The first-order valence-corrected chi connectivity index (χ1v) is 8.31. The number of hydrogen-bond acceptors (Lipinski definition) is 2. The number of halogens is 1. The molecule has 0 spiro atoms. The summed E-state index contributed by atoms with van der Waals surface area (Å²) in [7, 11) is 0. The van der Waals surface area contributed by atoms with E-state index in [0.717, 1.165) is 44.2 Å². The fourth-order valence-corrected chi connectivity index (χ4v) is 2.04. The molecule has 0 saturated heterocycles. The van der Waals surface area contributed by atoms with Crippen LogP contribution in [0.1, 0.15) is 18.9 Å². The number of aliphatic imine (C=N–C) groups is 1. The van der Waals surface area contributed by atoms with Gasteiger partial charge in [-0.05, 0) is 31.6 Å². The van der Waals surface area contributed by atoms with Crippen molar-refractivity contribution in [2.24, 2.45) is 4.99 Å². The van der Waals surface area contributed by atoms with Crippen molar-refractivity contribution < 1.29 is 0 Å². The summed E-state index contributed by atoms with van der Waals surface area (Å²) in [5.74, 6) is 2.04. The lowest BCUT2D eigenvalue weighted by molar-refractivity contribution is 0.796. The number of benzene rings is 1. The van der Waals surface area contributed by atoms with E-state index >= 15 is 0 Å².